The lowest BCUT2D eigenvalue weighted by Crippen LogP contribution is -2.30. The molecular formula is C28H26N2O3S. The van der Waals surface area contributed by atoms with Gasteiger partial charge in [-0.05, 0) is 59.5 Å². The Hall–Kier alpha value is -3.51. The highest BCUT2D eigenvalue weighted by atomic mass is 32.2. The van der Waals surface area contributed by atoms with Crippen LogP contribution in [0, 0.1) is 0 Å². The monoisotopic (exact) mass is 470 g/mol. The minimum atomic E-state index is -0.000220. The molecule has 5 rings (SSSR count). The molecular weight excluding hydrogens is 444 g/mol. The van der Waals surface area contributed by atoms with Crippen LogP contribution < -0.4 is 9.47 Å². The molecule has 1 amide bonds. The molecule has 0 N–H and O–H groups in total. The quantitative estimate of drug-likeness (QED) is 0.424. The number of amidine groups is 1. The lowest BCUT2D eigenvalue weighted by molar-refractivity contribution is -0.122. The lowest BCUT2D eigenvalue weighted by Gasteiger charge is -2.18. The minimum absolute atomic E-state index is 0.000220. The number of ether oxygens (including phenoxy) is 2. The maximum atomic E-state index is 13.4. The van der Waals surface area contributed by atoms with E-state index in [0.717, 1.165) is 34.9 Å². The number of carbonyl (C=O) groups is 1. The summed E-state index contributed by atoms with van der Waals surface area (Å²) in [5, 5.41) is 0.755. The van der Waals surface area contributed by atoms with Crippen molar-refractivity contribution in [2.24, 2.45) is 4.99 Å². The Balaban J connectivity index is 1.35. The van der Waals surface area contributed by atoms with Crippen LogP contribution in [0.2, 0.25) is 0 Å². The molecule has 0 radical (unpaired) electrons. The number of hydrogen-bond acceptors (Lipinski definition) is 5. The van der Waals surface area contributed by atoms with E-state index < -0.39 is 0 Å². The standard InChI is InChI=1S/C28H26N2O3S/c31-27-26(19-23-13-14-24-25(18-23)33-17-16-32-24)34-28(29-20-22-10-5-2-6-11-22)30(27)15-7-12-21-8-3-1-4-9-21/h1-6,8-11,13-14,18-19H,7,12,15-17,20H2/b26-19-,29-28?. The largest absolute Gasteiger partial charge is 0.486 e. The van der Waals surface area contributed by atoms with Gasteiger partial charge in [0.15, 0.2) is 16.7 Å². The van der Waals surface area contributed by atoms with E-state index in [2.05, 4.69) is 24.3 Å². The summed E-state index contributed by atoms with van der Waals surface area (Å²) in [5.74, 6) is 1.46. The smallest absolute Gasteiger partial charge is 0.266 e. The minimum Gasteiger partial charge on any atom is -0.486 e. The Kier molecular flexibility index (Phi) is 6.96. The molecule has 0 spiro atoms. The van der Waals surface area contributed by atoms with Crippen molar-refractivity contribution in [2.75, 3.05) is 19.8 Å². The summed E-state index contributed by atoms with van der Waals surface area (Å²) >= 11 is 1.44. The van der Waals surface area contributed by atoms with Crippen LogP contribution in [0.25, 0.3) is 6.08 Å². The number of thioether (sulfide) groups is 1. The van der Waals surface area contributed by atoms with E-state index >= 15 is 0 Å². The average Bonchev–Trinajstić information content (AvgIpc) is 3.18. The van der Waals surface area contributed by atoms with Crippen molar-refractivity contribution in [1.82, 2.24) is 4.90 Å². The zero-order chi connectivity index (χ0) is 23.2. The third-order valence-corrected chi connectivity index (χ3v) is 6.73. The molecule has 34 heavy (non-hydrogen) atoms. The molecule has 1 fully saturated rings. The third-order valence-electron chi connectivity index (χ3n) is 5.68. The Morgan fingerprint density at radius 1 is 0.882 bits per heavy atom. The lowest BCUT2D eigenvalue weighted by atomic mass is 10.1. The van der Waals surface area contributed by atoms with Crippen LogP contribution in [0.15, 0.2) is 88.8 Å². The second kappa shape index (κ2) is 10.6. The maximum absolute atomic E-state index is 13.4. The number of nitrogens with zero attached hydrogens (tertiary/aromatic N) is 2. The van der Waals surface area contributed by atoms with Gasteiger partial charge in [0.05, 0.1) is 11.4 Å². The Bertz CT molecular complexity index is 1210. The number of rotatable bonds is 7. The summed E-state index contributed by atoms with van der Waals surface area (Å²) in [6.45, 7) is 2.27. The van der Waals surface area contributed by atoms with Crippen LogP contribution in [0.4, 0.5) is 0 Å². The number of aryl methyl sites for hydroxylation is 1. The highest BCUT2D eigenvalue weighted by molar-refractivity contribution is 8.18. The van der Waals surface area contributed by atoms with Crippen molar-refractivity contribution < 1.29 is 14.3 Å². The van der Waals surface area contributed by atoms with E-state index in [-0.39, 0.29) is 5.91 Å². The first-order chi connectivity index (χ1) is 16.8. The molecule has 2 aliphatic heterocycles. The van der Waals surface area contributed by atoms with Crippen LogP contribution in [0.5, 0.6) is 11.5 Å². The van der Waals surface area contributed by atoms with Crippen molar-refractivity contribution in [3.8, 4) is 11.5 Å². The van der Waals surface area contributed by atoms with Crippen LogP contribution in [-0.2, 0) is 17.8 Å². The Morgan fingerprint density at radius 3 is 2.35 bits per heavy atom. The number of carbonyl (C=O) groups excluding carboxylic acids is 1. The topological polar surface area (TPSA) is 51.1 Å². The fourth-order valence-electron chi connectivity index (χ4n) is 3.95. The Labute approximate surface area is 204 Å². The molecule has 0 bridgehead atoms. The molecule has 2 heterocycles. The van der Waals surface area contributed by atoms with Gasteiger partial charge in [0.1, 0.15) is 13.2 Å². The highest BCUT2D eigenvalue weighted by Crippen LogP contribution is 2.36. The predicted octanol–water partition coefficient (Wildman–Crippen LogP) is 5.56. The first-order valence-electron chi connectivity index (χ1n) is 11.5. The molecule has 0 saturated carbocycles. The SMILES string of the molecule is O=C1/C(=C/c2ccc3c(c2)OCCO3)SC(=NCc2ccccc2)N1CCCc1ccccc1. The second-order valence-electron chi connectivity index (χ2n) is 8.14. The molecule has 3 aromatic rings. The van der Waals surface area contributed by atoms with E-state index in [4.69, 9.17) is 14.5 Å². The molecule has 0 unspecified atom stereocenters. The van der Waals surface area contributed by atoms with Gasteiger partial charge in [0, 0.05) is 6.54 Å². The number of amides is 1. The van der Waals surface area contributed by atoms with Crippen molar-refractivity contribution in [3.05, 3.63) is 100 Å². The van der Waals surface area contributed by atoms with Crippen LogP contribution >= 0.6 is 11.8 Å². The summed E-state index contributed by atoms with van der Waals surface area (Å²) in [6.07, 6.45) is 3.71. The van der Waals surface area contributed by atoms with Crippen LogP contribution in [0.1, 0.15) is 23.1 Å². The molecule has 1 saturated heterocycles. The van der Waals surface area contributed by atoms with Gasteiger partial charge in [0.25, 0.3) is 5.91 Å². The van der Waals surface area contributed by atoms with Crippen molar-refractivity contribution in [1.29, 1.82) is 0 Å². The van der Waals surface area contributed by atoms with Gasteiger partial charge in [-0.25, -0.2) is 0 Å². The fourth-order valence-corrected chi connectivity index (χ4v) is 4.96. The number of hydrogen-bond donors (Lipinski definition) is 0. The molecule has 2 aliphatic rings. The van der Waals surface area contributed by atoms with E-state index in [1.165, 1.54) is 17.3 Å². The van der Waals surface area contributed by atoms with E-state index in [0.29, 0.717) is 37.0 Å². The number of aliphatic imine (C=N–C) groups is 1. The molecule has 5 nitrogen and oxygen atoms in total. The summed E-state index contributed by atoms with van der Waals surface area (Å²) in [7, 11) is 0. The zero-order valence-electron chi connectivity index (χ0n) is 18.9. The van der Waals surface area contributed by atoms with Gasteiger partial charge in [0.2, 0.25) is 0 Å². The average molecular weight is 471 g/mol. The predicted molar refractivity (Wildman–Crippen MR) is 137 cm³/mol. The third kappa shape index (κ3) is 5.34. The summed E-state index contributed by atoms with van der Waals surface area (Å²) < 4.78 is 11.3. The van der Waals surface area contributed by atoms with E-state index in [1.54, 1.807) is 0 Å². The van der Waals surface area contributed by atoms with Crippen molar-refractivity contribution >= 4 is 28.9 Å². The Morgan fingerprint density at radius 2 is 1.59 bits per heavy atom. The van der Waals surface area contributed by atoms with Gasteiger partial charge >= 0.3 is 0 Å². The van der Waals surface area contributed by atoms with Gasteiger partial charge < -0.3 is 9.47 Å². The van der Waals surface area contributed by atoms with Gasteiger partial charge in [-0.1, -0.05) is 66.7 Å². The van der Waals surface area contributed by atoms with Gasteiger partial charge in [-0.15, -0.1) is 0 Å². The normalized spacial score (nSPS) is 17.5. The maximum Gasteiger partial charge on any atom is 0.266 e. The zero-order valence-corrected chi connectivity index (χ0v) is 19.7. The van der Waals surface area contributed by atoms with Crippen LogP contribution in [0.3, 0.4) is 0 Å². The number of benzene rings is 3. The first kappa shape index (κ1) is 22.3. The van der Waals surface area contributed by atoms with Crippen molar-refractivity contribution in [2.45, 2.75) is 19.4 Å². The highest BCUT2D eigenvalue weighted by Gasteiger charge is 2.33. The van der Waals surface area contributed by atoms with Gasteiger partial charge in [-0.3, -0.25) is 14.7 Å². The van der Waals surface area contributed by atoms with E-state index in [9.17, 15) is 4.79 Å². The summed E-state index contributed by atoms with van der Waals surface area (Å²) in [4.78, 5) is 20.7. The van der Waals surface area contributed by atoms with Crippen molar-refractivity contribution in [3.63, 3.8) is 0 Å². The molecule has 172 valence electrons. The first-order valence-corrected chi connectivity index (χ1v) is 12.3. The van der Waals surface area contributed by atoms with Crippen LogP contribution in [-0.4, -0.2) is 35.7 Å². The second-order valence-corrected chi connectivity index (χ2v) is 9.15. The summed E-state index contributed by atoms with van der Waals surface area (Å²) in [5.41, 5.74) is 3.31. The van der Waals surface area contributed by atoms with E-state index in [1.807, 2.05) is 65.6 Å². The number of fused-ring (bicyclic) bond motifs is 1. The molecule has 0 atom stereocenters. The molecule has 6 heteroatoms. The molecule has 0 aliphatic carbocycles. The van der Waals surface area contributed by atoms with Gasteiger partial charge in [-0.2, -0.15) is 0 Å². The molecule has 0 aromatic heterocycles. The summed E-state index contributed by atoms with van der Waals surface area (Å²) in [6, 6.07) is 26.3. The fraction of sp³-hybridized carbons (Fsp3) is 0.214. The molecule has 3 aromatic carbocycles.